The highest BCUT2D eigenvalue weighted by atomic mass is 32.1. The summed E-state index contributed by atoms with van der Waals surface area (Å²) in [5.41, 5.74) is 4.19. The van der Waals surface area contributed by atoms with Crippen LogP contribution in [0.5, 0.6) is 0 Å². The normalized spacial score (nSPS) is 16.7. The number of hydrogen-bond donors (Lipinski definition) is 1. The molecular weight excluding hydrogens is 444 g/mol. The molecule has 1 saturated heterocycles. The first-order valence-corrected chi connectivity index (χ1v) is 11.7. The number of aromatic nitrogens is 4. The lowest BCUT2D eigenvalue weighted by atomic mass is 10.0. The van der Waals surface area contributed by atoms with E-state index in [1.165, 1.54) is 5.56 Å². The van der Waals surface area contributed by atoms with Crippen LogP contribution >= 0.6 is 12.2 Å². The van der Waals surface area contributed by atoms with Crippen molar-refractivity contribution in [3.05, 3.63) is 95.0 Å². The molecule has 0 saturated carbocycles. The van der Waals surface area contributed by atoms with Gasteiger partial charge in [-0.05, 0) is 49.0 Å². The molecule has 7 nitrogen and oxygen atoms in total. The van der Waals surface area contributed by atoms with Crippen LogP contribution in [-0.4, -0.2) is 43.2 Å². The average molecular weight is 471 g/mol. The highest BCUT2D eigenvalue weighted by Gasteiger charge is 2.27. The molecule has 1 fully saturated rings. The fourth-order valence-electron chi connectivity index (χ4n) is 4.33. The molecule has 0 unspecified atom stereocenters. The summed E-state index contributed by atoms with van der Waals surface area (Å²) >= 11 is 5.95. The summed E-state index contributed by atoms with van der Waals surface area (Å²) in [6.45, 7) is 3.83. The van der Waals surface area contributed by atoms with Gasteiger partial charge in [0, 0.05) is 49.2 Å². The number of carbonyl (C=O) groups excluding carboxylic acids is 1. The van der Waals surface area contributed by atoms with Crippen LogP contribution in [0.25, 0.3) is 17.1 Å². The first kappa shape index (κ1) is 22.2. The number of aryl methyl sites for hydroxylation is 1. The highest BCUT2D eigenvalue weighted by molar-refractivity contribution is 7.71. The fourth-order valence-corrected chi connectivity index (χ4v) is 4.62. The first-order chi connectivity index (χ1) is 16.6. The van der Waals surface area contributed by atoms with Crippen LogP contribution in [0.15, 0.2) is 79.1 Å². The van der Waals surface area contributed by atoms with Crippen LogP contribution in [-0.2, 0) is 11.5 Å². The van der Waals surface area contributed by atoms with Gasteiger partial charge < -0.3 is 5.32 Å². The van der Waals surface area contributed by atoms with E-state index in [0.717, 1.165) is 22.6 Å². The van der Waals surface area contributed by atoms with Gasteiger partial charge in [0.2, 0.25) is 10.7 Å². The van der Waals surface area contributed by atoms with E-state index in [4.69, 9.17) is 17.3 Å². The standard InChI is InChI=1S/C26H26N6OS/c1-19-7-9-22(10-8-19)32-25(21-11-13-27-14-12-21)29-31(26(32)34)18-30-16-15-28-24(33)17-23(30)20-5-3-2-4-6-20/h2-14,23H,15-18H2,1H3,(H,28,33)/t23-/m0/s1. The Bertz CT molecular complexity index is 1330. The van der Waals surface area contributed by atoms with Gasteiger partial charge in [0.15, 0.2) is 5.82 Å². The van der Waals surface area contributed by atoms with Gasteiger partial charge in [0.1, 0.15) is 0 Å². The van der Waals surface area contributed by atoms with Crippen molar-refractivity contribution in [1.29, 1.82) is 0 Å². The van der Waals surface area contributed by atoms with Gasteiger partial charge in [-0.2, -0.15) is 0 Å². The van der Waals surface area contributed by atoms with E-state index in [2.05, 4.69) is 58.5 Å². The van der Waals surface area contributed by atoms with Gasteiger partial charge in [0.25, 0.3) is 0 Å². The van der Waals surface area contributed by atoms with Crippen molar-refractivity contribution in [2.75, 3.05) is 13.1 Å². The molecule has 0 bridgehead atoms. The van der Waals surface area contributed by atoms with Gasteiger partial charge >= 0.3 is 0 Å². The lowest BCUT2D eigenvalue weighted by Crippen LogP contribution is -2.33. The molecule has 5 rings (SSSR count). The molecular formula is C26H26N6OS. The second kappa shape index (κ2) is 9.70. The summed E-state index contributed by atoms with van der Waals surface area (Å²) in [6, 6.07) is 22.2. The number of pyridine rings is 1. The van der Waals surface area contributed by atoms with Gasteiger partial charge in [-0.1, -0.05) is 48.0 Å². The molecule has 0 aliphatic carbocycles. The second-order valence-electron chi connectivity index (χ2n) is 8.45. The van der Waals surface area contributed by atoms with Crippen LogP contribution in [0.3, 0.4) is 0 Å². The summed E-state index contributed by atoms with van der Waals surface area (Å²) in [5.74, 6) is 0.819. The van der Waals surface area contributed by atoms with Crippen molar-refractivity contribution in [3.8, 4) is 17.1 Å². The molecule has 4 aromatic rings. The minimum absolute atomic E-state index is 0.0560. The largest absolute Gasteiger partial charge is 0.355 e. The summed E-state index contributed by atoms with van der Waals surface area (Å²) in [6.07, 6.45) is 3.91. The van der Waals surface area contributed by atoms with E-state index in [9.17, 15) is 4.79 Å². The van der Waals surface area contributed by atoms with Crippen molar-refractivity contribution < 1.29 is 4.79 Å². The number of nitrogens with zero attached hydrogens (tertiary/aromatic N) is 5. The molecule has 1 aliphatic rings. The summed E-state index contributed by atoms with van der Waals surface area (Å²) in [5, 5.41) is 7.95. The lowest BCUT2D eigenvalue weighted by Gasteiger charge is -2.29. The van der Waals surface area contributed by atoms with Crippen LogP contribution in [0.1, 0.15) is 23.6 Å². The third-order valence-corrected chi connectivity index (χ3v) is 6.50. The van der Waals surface area contributed by atoms with Gasteiger partial charge in [-0.3, -0.25) is 19.2 Å². The Morgan fingerprint density at radius 2 is 1.76 bits per heavy atom. The van der Waals surface area contributed by atoms with E-state index in [0.29, 0.717) is 31.0 Å². The second-order valence-corrected chi connectivity index (χ2v) is 8.81. The molecule has 1 aliphatic heterocycles. The molecule has 2 aromatic carbocycles. The maximum Gasteiger partial charge on any atom is 0.221 e. The predicted octanol–water partition coefficient (Wildman–Crippen LogP) is 4.29. The number of carbonyl (C=O) groups is 1. The van der Waals surface area contributed by atoms with Crippen LogP contribution in [0.4, 0.5) is 0 Å². The molecule has 3 heterocycles. The van der Waals surface area contributed by atoms with E-state index < -0.39 is 0 Å². The Morgan fingerprint density at radius 3 is 2.50 bits per heavy atom. The molecule has 1 amide bonds. The summed E-state index contributed by atoms with van der Waals surface area (Å²) in [4.78, 5) is 18.8. The van der Waals surface area contributed by atoms with E-state index in [1.807, 2.05) is 39.6 Å². The fraction of sp³-hybridized carbons (Fsp3) is 0.231. The Balaban J connectivity index is 1.57. The molecule has 1 N–H and O–H groups in total. The van der Waals surface area contributed by atoms with Gasteiger partial charge in [0.05, 0.1) is 6.67 Å². The number of amides is 1. The smallest absolute Gasteiger partial charge is 0.221 e. The zero-order valence-corrected chi connectivity index (χ0v) is 19.8. The van der Waals surface area contributed by atoms with Crippen molar-refractivity contribution >= 4 is 18.1 Å². The summed E-state index contributed by atoms with van der Waals surface area (Å²) < 4.78 is 4.46. The quantitative estimate of drug-likeness (QED) is 0.441. The third kappa shape index (κ3) is 4.55. The maximum atomic E-state index is 12.4. The number of benzene rings is 2. The molecule has 1 atom stereocenters. The van der Waals surface area contributed by atoms with E-state index in [-0.39, 0.29) is 11.9 Å². The monoisotopic (exact) mass is 470 g/mol. The Labute approximate surface area is 203 Å². The topological polar surface area (TPSA) is 68.0 Å². The Hall–Kier alpha value is -3.62. The number of rotatable bonds is 5. The van der Waals surface area contributed by atoms with Crippen LogP contribution < -0.4 is 5.32 Å². The Kier molecular flexibility index (Phi) is 6.33. The third-order valence-electron chi connectivity index (χ3n) is 6.11. The number of nitrogens with one attached hydrogen (secondary N) is 1. The first-order valence-electron chi connectivity index (χ1n) is 11.3. The molecule has 0 spiro atoms. The van der Waals surface area contributed by atoms with E-state index >= 15 is 0 Å². The van der Waals surface area contributed by atoms with Crippen LogP contribution in [0, 0.1) is 11.7 Å². The molecule has 2 aromatic heterocycles. The zero-order chi connectivity index (χ0) is 23.5. The SMILES string of the molecule is Cc1ccc(-n2c(-c3ccncc3)nn(CN3CCNC(=O)C[C@H]3c3ccccc3)c2=S)cc1. The van der Waals surface area contributed by atoms with Crippen molar-refractivity contribution in [1.82, 2.24) is 29.5 Å². The molecule has 8 heteroatoms. The average Bonchev–Trinajstić information content (AvgIpc) is 3.07. The minimum Gasteiger partial charge on any atom is -0.355 e. The predicted molar refractivity (Wildman–Crippen MR) is 134 cm³/mol. The number of hydrogen-bond acceptors (Lipinski definition) is 5. The lowest BCUT2D eigenvalue weighted by molar-refractivity contribution is -0.121. The van der Waals surface area contributed by atoms with Crippen molar-refractivity contribution in [2.45, 2.75) is 26.1 Å². The van der Waals surface area contributed by atoms with Crippen LogP contribution in [0.2, 0.25) is 0 Å². The molecule has 0 radical (unpaired) electrons. The van der Waals surface area contributed by atoms with Crippen molar-refractivity contribution in [2.24, 2.45) is 0 Å². The Morgan fingerprint density at radius 1 is 1.03 bits per heavy atom. The molecule has 34 heavy (non-hydrogen) atoms. The van der Waals surface area contributed by atoms with E-state index in [1.54, 1.807) is 12.4 Å². The van der Waals surface area contributed by atoms with Crippen molar-refractivity contribution in [3.63, 3.8) is 0 Å². The maximum absolute atomic E-state index is 12.4. The summed E-state index contributed by atoms with van der Waals surface area (Å²) in [7, 11) is 0. The highest BCUT2D eigenvalue weighted by Crippen LogP contribution is 2.28. The van der Waals surface area contributed by atoms with Gasteiger partial charge in [-0.15, -0.1) is 5.10 Å². The minimum atomic E-state index is -0.0560. The zero-order valence-electron chi connectivity index (χ0n) is 19.0. The molecule has 172 valence electrons. The van der Waals surface area contributed by atoms with Gasteiger partial charge in [-0.25, -0.2) is 4.68 Å².